The molecule has 0 aliphatic rings. The number of carbonyl (C=O) groups is 2. The van der Waals surface area contributed by atoms with Crippen LogP contribution in [0.3, 0.4) is 0 Å². The highest BCUT2D eigenvalue weighted by molar-refractivity contribution is 7.18. The van der Waals surface area contributed by atoms with Crippen molar-refractivity contribution in [3.8, 4) is 10.4 Å². The van der Waals surface area contributed by atoms with Crippen molar-refractivity contribution in [3.05, 3.63) is 41.3 Å². The fraction of sp³-hybridized carbons (Fsp3) is 0.143. The number of Topliss-reactive ketones (excluding diaryl/α,β-unsaturated/α-hetero) is 1. The van der Waals surface area contributed by atoms with Gasteiger partial charge in [-0.2, -0.15) is 0 Å². The lowest BCUT2D eigenvalue weighted by atomic mass is 10.2. The number of alkyl halides is 2. The van der Waals surface area contributed by atoms with E-state index in [1.807, 2.05) is 30.3 Å². The predicted octanol–water partition coefficient (Wildman–Crippen LogP) is 4.36. The zero-order chi connectivity index (χ0) is 14.7. The van der Waals surface area contributed by atoms with E-state index in [0.29, 0.717) is 10.6 Å². The zero-order valence-electron chi connectivity index (χ0n) is 10.5. The summed E-state index contributed by atoms with van der Waals surface area (Å²) in [5, 5.41) is 2.57. The second-order valence-electron chi connectivity index (χ2n) is 4.07. The van der Waals surface area contributed by atoms with Gasteiger partial charge in [-0.15, -0.1) is 11.3 Å². The minimum absolute atomic E-state index is 0.117. The van der Waals surface area contributed by atoms with Crippen molar-refractivity contribution < 1.29 is 9.59 Å². The van der Waals surface area contributed by atoms with Crippen LogP contribution in [0.25, 0.3) is 10.4 Å². The van der Waals surface area contributed by atoms with Gasteiger partial charge in [0.15, 0.2) is 10.6 Å². The molecule has 2 rings (SSSR count). The highest BCUT2D eigenvalue weighted by atomic mass is 35.5. The summed E-state index contributed by atoms with van der Waals surface area (Å²) in [6.07, 6.45) is 0. The fourth-order valence-electron chi connectivity index (χ4n) is 1.68. The second-order valence-corrected chi connectivity index (χ2v) is 6.21. The van der Waals surface area contributed by atoms with Crippen molar-refractivity contribution in [2.75, 3.05) is 5.32 Å². The van der Waals surface area contributed by atoms with Crippen LogP contribution in [0.15, 0.2) is 36.4 Å². The largest absolute Gasteiger partial charge is 0.322 e. The number of amides is 1. The molecule has 1 N–H and O–H groups in total. The van der Waals surface area contributed by atoms with Gasteiger partial charge in [-0.3, -0.25) is 9.59 Å². The number of carbonyl (C=O) groups excluding carboxylic acids is 2. The van der Waals surface area contributed by atoms with Crippen molar-refractivity contribution in [2.24, 2.45) is 0 Å². The SMILES string of the molecule is CC(=O)c1sc(-c2ccccc2)cc1NC(=O)C(Cl)Cl. The molecule has 1 aromatic carbocycles. The topological polar surface area (TPSA) is 46.2 Å². The maximum Gasteiger partial charge on any atom is 0.257 e. The van der Waals surface area contributed by atoms with E-state index in [9.17, 15) is 9.59 Å². The molecule has 0 fully saturated rings. The molecule has 3 nitrogen and oxygen atoms in total. The Morgan fingerprint density at radius 3 is 2.40 bits per heavy atom. The van der Waals surface area contributed by atoms with Crippen LogP contribution in [0.5, 0.6) is 0 Å². The Hall–Kier alpha value is -1.36. The summed E-state index contributed by atoms with van der Waals surface area (Å²) in [5.74, 6) is -0.665. The van der Waals surface area contributed by atoms with Crippen LogP contribution >= 0.6 is 34.5 Å². The van der Waals surface area contributed by atoms with Gasteiger partial charge in [-0.05, 0) is 11.6 Å². The maximum atomic E-state index is 11.7. The van der Waals surface area contributed by atoms with E-state index < -0.39 is 10.7 Å². The lowest BCUT2D eigenvalue weighted by Crippen LogP contribution is -2.19. The number of rotatable bonds is 4. The smallest absolute Gasteiger partial charge is 0.257 e. The molecule has 1 heterocycles. The first-order valence-electron chi connectivity index (χ1n) is 5.78. The molecular weight excluding hydrogens is 317 g/mol. The third-order valence-electron chi connectivity index (χ3n) is 2.57. The molecule has 0 saturated heterocycles. The Kier molecular flexibility index (Phi) is 4.81. The minimum Gasteiger partial charge on any atom is -0.322 e. The summed E-state index contributed by atoms with van der Waals surface area (Å²) in [6.45, 7) is 1.45. The van der Waals surface area contributed by atoms with Gasteiger partial charge in [-0.1, -0.05) is 53.5 Å². The molecule has 0 bridgehead atoms. The van der Waals surface area contributed by atoms with Gasteiger partial charge in [0.05, 0.1) is 10.6 Å². The first-order valence-corrected chi connectivity index (χ1v) is 7.47. The highest BCUT2D eigenvalue weighted by Gasteiger charge is 2.18. The summed E-state index contributed by atoms with van der Waals surface area (Å²) in [7, 11) is 0. The van der Waals surface area contributed by atoms with Gasteiger partial charge in [0.1, 0.15) is 0 Å². The third kappa shape index (κ3) is 3.39. The molecule has 0 atom stereocenters. The predicted molar refractivity (Wildman–Crippen MR) is 83.9 cm³/mol. The van der Waals surface area contributed by atoms with Gasteiger partial charge < -0.3 is 5.32 Å². The minimum atomic E-state index is -1.17. The van der Waals surface area contributed by atoms with Crippen LogP contribution in [0.2, 0.25) is 0 Å². The first-order chi connectivity index (χ1) is 9.49. The Morgan fingerprint density at radius 2 is 1.85 bits per heavy atom. The average molecular weight is 328 g/mol. The number of nitrogens with one attached hydrogen (secondary N) is 1. The van der Waals surface area contributed by atoms with Gasteiger partial charge in [0, 0.05) is 11.8 Å². The lowest BCUT2D eigenvalue weighted by molar-refractivity contribution is -0.114. The summed E-state index contributed by atoms with van der Waals surface area (Å²) in [5.41, 5.74) is 1.42. The van der Waals surface area contributed by atoms with Crippen LogP contribution in [-0.4, -0.2) is 16.5 Å². The summed E-state index contributed by atoms with van der Waals surface area (Å²) in [4.78, 5) is 23.4. The Morgan fingerprint density at radius 1 is 1.20 bits per heavy atom. The second kappa shape index (κ2) is 6.39. The van der Waals surface area contributed by atoms with E-state index in [4.69, 9.17) is 23.2 Å². The molecule has 0 saturated carbocycles. The van der Waals surface area contributed by atoms with Gasteiger partial charge in [-0.25, -0.2) is 0 Å². The van der Waals surface area contributed by atoms with Crippen molar-refractivity contribution >= 4 is 51.9 Å². The van der Waals surface area contributed by atoms with E-state index in [2.05, 4.69) is 5.32 Å². The number of ketones is 1. The van der Waals surface area contributed by atoms with Crippen molar-refractivity contribution in [2.45, 2.75) is 11.8 Å². The molecule has 1 amide bonds. The summed E-state index contributed by atoms with van der Waals surface area (Å²) >= 11 is 12.3. The van der Waals surface area contributed by atoms with E-state index >= 15 is 0 Å². The normalized spacial score (nSPS) is 10.6. The van der Waals surface area contributed by atoms with E-state index in [1.165, 1.54) is 18.3 Å². The molecule has 0 aliphatic carbocycles. The van der Waals surface area contributed by atoms with Crippen LogP contribution in [0, 0.1) is 0 Å². The van der Waals surface area contributed by atoms with E-state index in [1.54, 1.807) is 6.07 Å². The number of benzene rings is 1. The number of hydrogen-bond acceptors (Lipinski definition) is 3. The third-order valence-corrected chi connectivity index (χ3v) is 4.25. The van der Waals surface area contributed by atoms with Crippen LogP contribution in [0.1, 0.15) is 16.6 Å². The Bertz CT molecular complexity index is 638. The standard InChI is InChI=1S/C14H11Cl2NO2S/c1-8(18)12-10(17-14(19)13(15)16)7-11(20-12)9-5-3-2-4-6-9/h2-7,13H,1H3,(H,17,19). The highest BCUT2D eigenvalue weighted by Crippen LogP contribution is 2.35. The average Bonchev–Trinajstić information content (AvgIpc) is 2.83. The van der Waals surface area contributed by atoms with Gasteiger partial charge >= 0.3 is 0 Å². The molecule has 6 heteroatoms. The number of thiophene rings is 1. The molecule has 1 aromatic heterocycles. The molecular formula is C14H11Cl2NO2S. The molecule has 2 aromatic rings. The maximum absolute atomic E-state index is 11.7. The van der Waals surface area contributed by atoms with Gasteiger partial charge in [0.2, 0.25) is 0 Å². The Labute approximate surface area is 130 Å². The lowest BCUT2D eigenvalue weighted by Gasteiger charge is -2.04. The number of halogens is 2. The molecule has 0 radical (unpaired) electrons. The molecule has 0 aliphatic heterocycles. The Balaban J connectivity index is 2.39. The molecule has 20 heavy (non-hydrogen) atoms. The molecule has 0 unspecified atom stereocenters. The monoisotopic (exact) mass is 327 g/mol. The number of hydrogen-bond donors (Lipinski definition) is 1. The molecule has 0 spiro atoms. The quantitative estimate of drug-likeness (QED) is 0.669. The first kappa shape index (κ1) is 15.0. The van der Waals surface area contributed by atoms with E-state index in [-0.39, 0.29) is 5.78 Å². The fourth-order valence-corrected chi connectivity index (χ4v) is 2.80. The zero-order valence-corrected chi connectivity index (χ0v) is 12.9. The van der Waals surface area contributed by atoms with Crippen LogP contribution in [0.4, 0.5) is 5.69 Å². The number of anilines is 1. The van der Waals surface area contributed by atoms with Crippen LogP contribution in [-0.2, 0) is 4.79 Å². The van der Waals surface area contributed by atoms with Gasteiger partial charge in [0.25, 0.3) is 5.91 Å². The molecule has 104 valence electrons. The summed E-state index contributed by atoms with van der Waals surface area (Å²) in [6, 6.07) is 11.4. The van der Waals surface area contributed by atoms with Crippen LogP contribution < -0.4 is 5.32 Å². The van der Waals surface area contributed by atoms with Crippen molar-refractivity contribution in [1.82, 2.24) is 0 Å². The van der Waals surface area contributed by atoms with E-state index in [0.717, 1.165) is 10.4 Å². The van der Waals surface area contributed by atoms with Crippen molar-refractivity contribution in [1.29, 1.82) is 0 Å². The van der Waals surface area contributed by atoms with Crippen molar-refractivity contribution in [3.63, 3.8) is 0 Å². The summed E-state index contributed by atoms with van der Waals surface area (Å²) < 4.78 is 0.